The highest BCUT2D eigenvalue weighted by molar-refractivity contribution is 9.10. The van der Waals surface area contributed by atoms with Gasteiger partial charge in [-0.05, 0) is 67.2 Å². The molecule has 3 rings (SSSR count). The van der Waals surface area contributed by atoms with Crippen molar-refractivity contribution in [2.45, 2.75) is 33.4 Å². The maximum atomic E-state index is 11.9. The molecular weight excluding hydrogens is 304 g/mol. The lowest BCUT2D eigenvalue weighted by molar-refractivity contribution is 0.689. The molecule has 0 aliphatic carbocycles. The molecule has 1 aromatic carbocycles. The Balaban J connectivity index is 2.37. The number of benzene rings is 1. The molecule has 2 aliphatic rings. The Labute approximate surface area is 110 Å². The van der Waals surface area contributed by atoms with Gasteiger partial charge in [-0.3, -0.25) is 0 Å². The van der Waals surface area contributed by atoms with Gasteiger partial charge in [-0.25, -0.2) is 4.21 Å². The van der Waals surface area contributed by atoms with Crippen molar-refractivity contribution < 1.29 is 4.21 Å². The molecule has 0 fully saturated rings. The molecule has 0 aromatic heterocycles. The van der Waals surface area contributed by atoms with Crippen LogP contribution in [0.5, 0.6) is 0 Å². The largest absolute Gasteiger partial charge is 0.242 e. The van der Waals surface area contributed by atoms with Gasteiger partial charge in [0.25, 0.3) is 0 Å². The predicted octanol–water partition coefficient (Wildman–Crippen LogP) is 4.84. The maximum Gasteiger partial charge on any atom is 0.125 e. The Morgan fingerprint density at radius 2 is 1.60 bits per heavy atom. The van der Waals surface area contributed by atoms with Crippen LogP contribution in [0.2, 0.25) is 0 Å². The minimum atomic E-state index is -0.864. The van der Waals surface area contributed by atoms with Crippen molar-refractivity contribution in [2.75, 3.05) is 0 Å². The summed E-state index contributed by atoms with van der Waals surface area (Å²) in [6.45, 7) is 4.24. The maximum absolute atomic E-state index is 11.9. The molecule has 1 nitrogen and oxygen atoms in total. The fraction of sp³-hybridized carbons (Fsp3) is 0.250. The third-order valence-electron chi connectivity index (χ3n) is 2.36. The molecule has 0 amide bonds. The van der Waals surface area contributed by atoms with E-state index in [-0.39, 0.29) is 0 Å². The smallest absolute Gasteiger partial charge is 0.125 e. The van der Waals surface area contributed by atoms with Crippen LogP contribution in [0.4, 0.5) is 0 Å². The summed E-state index contributed by atoms with van der Waals surface area (Å²) in [5, 5.41) is 0. The lowest BCUT2D eigenvalue weighted by Crippen LogP contribution is -1.94. The van der Waals surface area contributed by atoms with Crippen LogP contribution in [-0.4, -0.2) is 4.21 Å². The average Bonchev–Trinajstić information content (AvgIpc) is 2.80. The van der Waals surface area contributed by atoms with E-state index in [0.717, 1.165) is 4.90 Å². The highest BCUT2D eigenvalue weighted by atomic mass is 33.5. The topological polar surface area (TPSA) is 17.1 Å². The summed E-state index contributed by atoms with van der Waals surface area (Å²) in [4.78, 5) is 5.02. The molecule has 15 heavy (non-hydrogen) atoms. The minimum Gasteiger partial charge on any atom is -0.242 e. The Kier molecular flexibility index (Phi) is 3.07. The summed E-state index contributed by atoms with van der Waals surface area (Å²) in [6, 6.07) is 0. The summed E-state index contributed by atoms with van der Waals surface area (Å²) >= 11 is 0. The predicted molar refractivity (Wildman–Crippen MR) is 75.1 cm³/mol. The number of rotatable bonds is 0. The number of hydrogen-bond donors (Lipinski definition) is 0. The van der Waals surface area contributed by atoms with E-state index >= 15 is 0 Å². The van der Waals surface area contributed by atoms with Crippen molar-refractivity contribution in [3.8, 4) is 0 Å². The number of fused-ring (bicyclic) bond motifs is 2. The van der Waals surface area contributed by atoms with Crippen LogP contribution in [0, 0.1) is 13.8 Å². The molecule has 2 heterocycles. The average molecular weight is 311 g/mol. The molecule has 0 saturated heterocycles. The molecule has 0 bridgehead atoms. The molecule has 2 aliphatic heterocycles. The molecule has 1 aromatic rings. The second kappa shape index (κ2) is 4.10. The highest BCUT2D eigenvalue weighted by Gasteiger charge is 2.31. The molecule has 0 saturated carbocycles. The van der Waals surface area contributed by atoms with Crippen LogP contribution in [0.1, 0.15) is 11.1 Å². The van der Waals surface area contributed by atoms with Gasteiger partial charge in [-0.2, -0.15) is 0 Å². The summed E-state index contributed by atoms with van der Waals surface area (Å²) < 4.78 is 11.9. The molecule has 0 spiro atoms. The van der Waals surface area contributed by atoms with Gasteiger partial charge in [0.05, 0.1) is 4.90 Å². The van der Waals surface area contributed by atoms with Crippen molar-refractivity contribution in [3.63, 3.8) is 0 Å². The van der Waals surface area contributed by atoms with E-state index in [4.69, 9.17) is 0 Å². The minimum absolute atomic E-state index is 0.864. The standard InChI is InChI=1S/C8H6OS6/c1-3-5-6(11-13-10-5)4(2)8-7(3)12-14-15(8)9/h1-2H3. The van der Waals surface area contributed by atoms with Crippen LogP contribution in [0.3, 0.4) is 0 Å². The van der Waals surface area contributed by atoms with Gasteiger partial charge in [0.15, 0.2) is 0 Å². The van der Waals surface area contributed by atoms with E-state index in [9.17, 15) is 4.21 Å². The Morgan fingerprint density at radius 3 is 2.33 bits per heavy atom. The SMILES string of the molecule is Cc1c2c(c(C)c3c1SSS3=O)SSS2. The van der Waals surface area contributed by atoms with Crippen LogP contribution < -0.4 is 0 Å². The van der Waals surface area contributed by atoms with Gasteiger partial charge < -0.3 is 0 Å². The molecule has 0 N–H and O–H groups in total. The van der Waals surface area contributed by atoms with Crippen molar-refractivity contribution in [3.05, 3.63) is 11.1 Å². The Morgan fingerprint density at radius 1 is 0.933 bits per heavy atom. The van der Waals surface area contributed by atoms with Crippen LogP contribution >= 0.6 is 52.0 Å². The lowest BCUT2D eigenvalue weighted by Gasteiger charge is -2.10. The van der Waals surface area contributed by atoms with Gasteiger partial charge in [-0.15, -0.1) is 0 Å². The third-order valence-corrected chi connectivity index (χ3v) is 11.7. The third kappa shape index (κ3) is 1.62. The normalized spacial score (nSPS) is 22.9. The summed E-state index contributed by atoms with van der Waals surface area (Å²) in [5.74, 6) is 0. The van der Waals surface area contributed by atoms with E-state index < -0.39 is 9.83 Å². The van der Waals surface area contributed by atoms with E-state index in [0.29, 0.717) is 0 Å². The molecule has 80 valence electrons. The van der Waals surface area contributed by atoms with Gasteiger partial charge in [0.1, 0.15) is 9.83 Å². The second-order valence-electron chi connectivity index (χ2n) is 3.19. The van der Waals surface area contributed by atoms with Gasteiger partial charge in [-0.1, -0.05) is 0 Å². The van der Waals surface area contributed by atoms with Crippen molar-refractivity contribution >= 4 is 61.9 Å². The number of hydrogen-bond acceptors (Lipinski definition) is 6. The van der Waals surface area contributed by atoms with Crippen molar-refractivity contribution in [1.29, 1.82) is 0 Å². The zero-order valence-corrected chi connectivity index (χ0v) is 12.8. The van der Waals surface area contributed by atoms with E-state index in [2.05, 4.69) is 13.8 Å². The van der Waals surface area contributed by atoms with Gasteiger partial charge in [0, 0.05) is 24.5 Å². The van der Waals surface area contributed by atoms with Crippen LogP contribution in [-0.2, 0) is 9.83 Å². The second-order valence-corrected chi connectivity index (χ2v) is 11.7. The van der Waals surface area contributed by atoms with E-state index in [1.807, 2.05) is 10.8 Å². The van der Waals surface area contributed by atoms with Crippen molar-refractivity contribution in [2.24, 2.45) is 0 Å². The Hall–Kier alpha value is 1.12. The molecule has 0 radical (unpaired) electrons. The molecular formula is C8H6OS6. The molecule has 7 heteroatoms. The zero-order chi connectivity index (χ0) is 10.6. The van der Waals surface area contributed by atoms with Gasteiger partial charge >= 0.3 is 0 Å². The monoisotopic (exact) mass is 310 g/mol. The van der Waals surface area contributed by atoms with E-state index in [1.54, 1.807) is 31.4 Å². The zero-order valence-electron chi connectivity index (χ0n) is 7.86. The highest BCUT2D eigenvalue weighted by Crippen LogP contribution is 2.63. The van der Waals surface area contributed by atoms with Crippen molar-refractivity contribution in [1.82, 2.24) is 0 Å². The van der Waals surface area contributed by atoms with Crippen LogP contribution in [0.15, 0.2) is 19.6 Å². The first-order chi connectivity index (χ1) is 7.20. The quantitative estimate of drug-likeness (QED) is 0.633. The first-order valence-electron chi connectivity index (χ1n) is 4.15. The molecule has 1 atom stereocenters. The lowest BCUT2D eigenvalue weighted by atomic mass is 10.1. The molecule has 1 unspecified atom stereocenters. The summed E-state index contributed by atoms with van der Waals surface area (Å²) in [7, 11) is 7.71. The first kappa shape index (κ1) is 11.2. The van der Waals surface area contributed by atoms with Crippen LogP contribution in [0.25, 0.3) is 0 Å². The van der Waals surface area contributed by atoms with Gasteiger partial charge in [0.2, 0.25) is 0 Å². The summed E-state index contributed by atoms with van der Waals surface area (Å²) in [6.07, 6.45) is 0. The summed E-state index contributed by atoms with van der Waals surface area (Å²) in [5.41, 5.74) is 2.54. The fourth-order valence-electron chi connectivity index (χ4n) is 1.57. The first-order valence-corrected chi connectivity index (χ1v) is 11.4. The fourth-order valence-corrected chi connectivity index (χ4v) is 12.2. The van der Waals surface area contributed by atoms with E-state index in [1.165, 1.54) is 35.6 Å². The Bertz CT molecular complexity index is 483.